The third kappa shape index (κ3) is 5.60. The van der Waals surface area contributed by atoms with Crippen molar-refractivity contribution in [3.05, 3.63) is 11.6 Å². The van der Waals surface area contributed by atoms with E-state index in [2.05, 4.69) is 41.5 Å². The zero-order chi connectivity index (χ0) is 30.4. The smallest absolute Gasteiger partial charge is 1.00 e. The van der Waals surface area contributed by atoms with Gasteiger partial charge in [-0.15, -0.1) is 0 Å². The molecule has 9 atom stereocenters. The number of ether oxygens (including phenoxy) is 1. The van der Waals surface area contributed by atoms with E-state index in [0.29, 0.717) is 19.3 Å². The van der Waals surface area contributed by atoms with Crippen LogP contribution in [0.15, 0.2) is 11.6 Å². The zero-order valence-electron chi connectivity index (χ0n) is 30.1. The first kappa shape index (κ1) is 37.3. The molecule has 43 heavy (non-hydrogen) atoms. The summed E-state index contributed by atoms with van der Waals surface area (Å²) in [5.41, 5.74) is -0.553. The van der Waals surface area contributed by atoms with Gasteiger partial charge in [0.2, 0.25) is 0 Å². The molecule has 0 heterocycles. The molecule has 2 N–H and O–H groups in total. The number of esters is 1. The molecule has 0 spiro atoms. The van der Waals surface area contributed by atoms with E-state index in [9.17, 15) is 24.3 Å². The van der Waals surface area contributed by atoms with Crippen molar-refractivity contribution in [2.24, 2.45) is 50.2 Å². The van der Waals surface area contributed by atoms with Crippen LogP contribution in [0.1, 0.15) is 122 Å². The molecule has 0 aliphatic heterocycles. The molecule has 0 aromatic rings. The number of fused-ring (bicyclic) bond motifs is 7. The van der Waals surface area contributed by atoms with E-state index in [0.717, 1.165) is 38.5 Å². The number of carbonyl (C=O) groups excluding carboxylic acids is 2. The Labute approximate surface area is 304 Å². The number of ketones is 1. The van der Waals surface area contributed by atoms with Gasteiger partial charge in [0.1, 0.15) is 6.10 Å². The van der Waals surface area contributed by atoms with E-state index < -0.39 is 23.3 Å². The van der Waals surface area contributed by atoms with Gasteiger partial charge in [-0.1, -0.05) is 47.1 Å². The molecule has 0 aromatic heterocycles. The molecule has 0 aromatic carbocycles. The molecule has 9 heteroatoms. The van der Waals surface area contributed by atoms with Gasteiger partial charge in [0.05, 0.1) is 18.3 Å². The summed E-state index contributed by atoms with van der Waals surface area (Å²) in [6.07, 6.45) is 8.80. The number of carboxylic acids is 2. The van der Waals surface area contributed by atoms with Crippen LogP contribution in [0.3, 0.4) is 0 Å². The minimum Gasteiger partial charge on any atom is -1.00 e. The number of hydrogen-bond acceptors (Lipinski definition) is 5. The van der Waals surface area contributed by atoms with Gasteiger partial charge < -0.3 is 17.8 Å². The molecule has 0 radical (unpaired) electrons. The largest absolute Gasteiger partial charge is 1.00 e. The molecular formula is C34H52Na2O7. The second kappa shape index (κ2) is 12.1. The number of hydrogen-bond donors (Lipinski definition) is 2. The topological polar surface area (TPSA) is 118 Å². The van der Waals surface area contributed by atoms with Gasteiger partial charge in [-0.3, -0.25) is 19.2 Å². The molecule has 7 nitrogen and oxygen atoms in total. The predicted octanol–water partition coefficient (Wildman–Crippen LogP) is 1.06. The average Bonchev–Trinajstić information content (AvgIpc) is 2.86. The van der Waals surface area contributed by atoms with E-state index in [-0.39, 0.29) is 132 Å². The summed E-state index contributed by atoms with van der Waals surface area (Å²) in [4.78, 5) is 50.3. The summed E-state index contributed by atoms with van der Waals surface area (Å²) in [7, 11) is 0. The summed E-state index contributed by atoms with van der Waals surface area (Å²) >= 11 is 0. The van der Waals surface area contributed by atoms with Crippen LogP contribution in [0.2, 0.25) is 0 Å². The second-order valence-electron chi connectivity index (χ2n) is 16.3. The van der Waals surface area contributed by atoms with Crippen molar-refractivity contribution in [1.29, 1.82) is 0 Å². The Morgan fingerprint density at radius 1 is 0.884 bits per heavy atom. The number of allylic oxidation sites excluding steroid dienone is 2. The summed E-state index contributed by atoms with van der Waals surface area (Å²) in [6, 6.07) is 0. The molecule has 5 aliphatic carbocycles. The number of aliphatic carboxylic acids is 2. The van der Waals surface area contributed by atoms with Crippen LogP contribution in [-0.4, -0.2) is 40.0 Å². The molecule has 232 valence electrons. The fraction of sp³-hybridized carbons (Fsp3) is 0.824. The monoisotopic (exact) mass is 618 g/mol. The first-order valence-corrected chi connectivity index (χ1v) is 15.7. The molecule has 0 saturated heterocycles. The van der Waals surface area contributed by atoms with E-state index in [1.54, 1.807) is 0 Å². The maximum atomic E-state index is 14.5. The average molecular weight is 619 g/mol. The Morgan fingerprint density at radius 2 is 1.51 bits per heavy atom. The van der Waals surface area contributed by atoms with E-state index in [4.69, 9.17) is 9.84 Å². The zero-order valence-corrected chi connectivity index (χ0v) is 32.1. The van der Waals surface area contributed by atoms with Crippen LogP contribution in [0.5, 0.6) is 0 Å². The Kier molecular flexibility index (Phi) is 10.5. The molecule has 0 unspecified atom stereocenters. The van der Waals surface area contributed by atoms with Crippen molar-refractivity contribution >= 4 is 23.7 Å². The molecule has 5 aliphatic rings. The van der Waals surface area contributed by atoms with Crippen LogP contribution < -0.4 is 59.1 Å². The first-order valence-electron chi connectivity index (χ1n) is 15.7. The molecule has 4 fully saturated rings. The third-order valence-electron chi connectivity index (χ3n) is 13.8. The van der Waals surface area contributed by atoms with E-state index in [1.807, 2.05) is 13.0 Å². The Morgan fingerprint density at radius 3 is 2.12 bits per heavy atom. The maximum absolute atomic E-state index is 14.5. The molecule has 5 rings (SSSR count). The summed E-state index contributed by atoms with van der Waals surface area (Å²) < 4.78 is 5.91. The van der Waals surface area contributed by atoms with Crippen molar-refractivity contribution in [3.8, 4) is 0 Å². The van der Waals surface area contributed by atoms with Gasteiger partial charge in [0.15, 0.2) is 5.78 Å². The van der Waals surface area contributed by atoms with Crippen molar-refractivity contribution < 1.29 is 96.1 Å². The number of rotatable bonds is 5. The molecule has 0 bridgehead atoms. The van der Waals surface area contributed by atoms with Crippen LogP contribution in [0, 0.1) is 50.2 Å². The van der Waals surface area contributed by atoms with Crippen LogP contribution in [0.4, 0.5) is 0 Å². The van der Waals surface area contributed by atoms with Gasteiger partial charge in [-0.2, -0.15) is 0 Å². The third-order valence-corrected chi connectivity index (χ3v) is 13.8. The minimum absolute atomic E-state index is 0. The molecular weight excluding hydrogens is 566 g/mol. The van der Waals surface area contributed by atoms with Gasteiger partial charge >= 0.3 is 77.0 Å². The van der Waals surface area contributed by atoms with E-state index in [1.165, 1.54) is 5.57 Å². The quantitative estimate of drug-likeness (QED) is 0.350. The van der Waals surface area contributed by atoms with Crippen molar-refractivity contribution in [2.45, 2.75) is 125 Å². The van der Waals surface area contributed by atoms with Gasteiger partial charge in [0, 0.05) is 11.3 Å². The fourth-order valence-corrected chi connectivity index (χ4v) is 11.0. The van der Waals surface area contributed by atoms with Crippen molar-refractivity contribution in [2.75, 3.05) is 0 Å². The van der Waals surface area contributed by atoms with Gasteiger partial charge in [-0.05, 0) is 104 Å². The van der Waals surface area contributed by atoms with Crippen molar-refractivity contribution in [3.63, 3.8) is 0 Å². The summed E-state index contributed by atoms with van der Waals surface area (Å²) in [5.74, 6) is -1.87. The SMILES string of the molecule is CC1(C)[C@@H](OC(=O)CCC(=O)O)CC[C@]2(C)[C@H]3C(=O)C=C4[C@@H]5C[C@@](C)(C(=O)O)CC[C@]5(C)CC[C@@]4(C)[C@]3(C)CC[C@@H]12.[H-].[H-].[Na+].[Na+]. The van der Waals surface area contributed by atoms with Gasteiger partial charge in [-0.25, -0.2) is 0 Å². The van der Waals surface area contributed by atoms with Crippen LogP contribution in [0.25, 0.3) is 0 Å². The second-order valence-corrected chi connectivity index (χ2v) is 16.3. The Hall–Kier alpha value is -0.180. The summed E-state index contributed by atoms with van der Waals surface area (Å²) in [5, 5.41) is 19.1. The molecule has 4 saturated carbocycles. The standard InChI is InChI=1S/C34H50O7.2Na.2H/c1-29(2)23-10-13-34(7)27(32(23,5)12-11-24(29)41-26(38)9-8-25(36)37)22(35)18-20-21-19-31(4,28(39)40)15-14-30(21,3)16-17-33(20,34)6;;;;/h18,21,23-24,27H,8-17,19H2,1-7H3,(H,36,37)(H,39,40);;;;/q;2*+1;2*-1/t21-,23-,24-,27+,30+,31-,32-,33+,34+;;;;/m0..../s1. The van der Waals surface area contributed by atoms with Crippen molar-refractivity contribution in [1.82, 2.24) is 0 Å². The molecule has 0 amide bonds. The summed E-state index contributed by atoms with van der Waals surface area (Å²) in [6.45, 7) is 15.5. The van der Waals surface area contributed by atoms with Gasteiger partial charge in [0.25, 0.3) is 0 Å². The van der Waals surface area contributed by atoms with E-state index >= 15 is 0 Å². The number of carboxylic acid groups (broad SMARTS) is 2. The predicted molar refractivity (Wildman–Crippen MR) is 156 cm³/mol. The van der Waals surface area contributed by atoms with Crippen LogP contribution >= 0.6 is 0 Å². The first-order chi connectivity index (χ1) is 18.8. The fourth-order valence-electron chi connectivity index (χ4n) is 11.0. The Balaban J connectivity index is 0.00000253. The maximum Gasteiger partial charge on any atom is 1.00 e. The number of carbonyl (C=O) groups is 4. The minimum atomic E-state index is -1.01. The Bertz CT molecular complexity index is 1220. The normalized spacial score (nSPS) is 44.4. The van der Waals surface area contributed by atoms with Crippen LogP contribution in [-0.2, 0) is 23.9 Å².